The van der Waals surface area contributed by atoms with Crippen molar-refractivity contribution in [2.75, 3.05) is 6.61 Å². The monoisotopic (exact) mass is 279 g/mol. The van der Waals surface area contributed by atoms with Crippen molar-refractivity contribution in [3.8, 4) is 12.3 Å². The number of hydrogen-bond acceptors (Lipinski definition) is 5. The lowest BCUT2D eigenvalue weighted by Crippen LogP contribution is -2.09. The molecule has 0 spiro atoms. The maximum absolute atomic E-state index is 11.8. The molecule has 1 atom stereocenters. The number of nitrogens with zero attached hydrogens (tertiary/aromatic N) is 1. The van der Waals surface area contributed by atoms with Crippen LogP contribution in [-0.2, 0) is 19.1 Å². The molecule has 5 nitrogen and oxygen atoms in total. The zero-order chi connectivity index (χ0) is 14.3. The first-order chi connectivity index (χ1) is 8.99. The van der Waals surface area contributed by atoms with Crippen LogP contribution in [0.1, 0.15) is 13.3 Å². The quantitative estimate of drug-likeness (QED) is 0.345. The van der Waals surface area contributed by atoms with Gasteiger partial charge in [-0.2, -0.15) is 13.4 Å². The minimum atomic E-state index is -3.80. The summed E-state index contributed by atoms with van der Waals surface area (Å²) in [6.07, 6.45) is 7.01. The Morgan fingerprint density at radius 3 is 2.53 bits per heavy atom. The zero-order valence-electron chi connectivity index (χ0n) is 10.4. The molecule has 0 aliphatic rings. The van der Waals surface area contributed by atoms with Gasteiger partial charge in [0.1, 0.15) is 0 Å². The molecule has 0 bridgehead atoms. The highest BCUT2D eigenvalue weighted by Crippen LogP contribution is 2.18. The molecular formula is C13H13NO4S. The van der Waals surface area contributed by atoms with Crippen molar-refractivity contribution in [2.45, 2.75) is 18.2 Å². The van der Waals surface area contributed by atoms with E-state index in [0.717, 1.165) is 0 Å². The van der Waals surface area contributed by atoms with Gasteiger partial charge in [0.15, 0.2) is 0 Å². The molecule has 0 aliphatic carbocycles. The fourth-order valence-corrected chi connectivity index (χ4v) is 2.15. The molecule has 0 saturated carbocycles. The lowest BCUT2D eigenvalue weighted by molar-refractivity contribution is 0.300. The molecule has 1 aromatic carbocycles. The van der Waals surface area contributed by atoms with Crippen molar-refractivity contribution in [1.82, 2.24) is 0 Å². The minimum Gasteiger partial charge on any atom is -0.266 e. The Morgan fingerprint density at radius 1 is 1.37 bits per heavy atom. The summed E-state index contributed by atoms with van der Waals surface area (Å²) in [4.78, 5) is 13.4. The van der Waals surface area contributed by atoms with Gasteiger partial charge in [-0.05, 0) is 30.7 Å². The van der Waals surface area contributed by atoms with Crippen LogP contribution in [0.2, 0.25) is 0 Å². The van der Waals surface area contributed by atoms with Crippen LogP contribution in [-0.4, -0.2) is 21.1 Å². The Balaban J connectivity index is 2.72. The van der Waals surface area contributed by atoms with Crippen LogP contribution in [0.3, 0.4) is 0 Å². The van der Waals surface area contributed by atoms with Gasteiger partial charge in [-0.3, -0.25) is 4.18 Å². The molecule has 0 radical (unpaired) electrons. The standard InChI is InChI=1S/C13H13NO4S/c1-3-11(2)8-9-18-19(16,17)13-6-4-12(5-7-13)14-10-15/h1,4-7,11H,8-9H2,2H3. The second-order valence-corrected chi connectivity index (χ2v) is 5.44. The van der Waals surface area contributed by atoms with Crippen LogP contribution < -0.4 is 0 Å². The second kappa shape index (κ2) is 6.86. The average molecular weight is 279 g/mol. The molecule has 19 heavy (non-hydrogen) atoms. The predicted molar refractivity (Wildman–Crippen MR) is 70.0 cm³/mol. The van der Waals surface area contributed by atoms with E-state index >= 15 is 0 Å². The number of hydrogen-bond donors (Lipinski definition) is 0. The number of carbonyl (C=O) groups excluding carboxylic acids is 1. The summed E-state index contributed by atoms with van der Waals surface area (Å²) in [5.41, 5.74) is 0.329. The third-order valence-electron chi connectivity index (χ3n) is 2.37. The molecule has 6 heteroatoms. The Morgan fingerprint density at radius 2 is 2.00 bits per heavy atom. The number of aliphatic imine (C=N–C) groups is 1. The molecule has 100 valence electrons. The molecule has 0 N–H and O–H groups in total. The summed E-state index contributed by atoms with van der Waals surface area (Å²) in [6, 6.07) is 5.42. The lowest BCUT2D eigenvalue weighted by Gasteiger charge is -2.07. The largest absolute Gasteiger partial charge is 0.296 e. The molecule has 0 aromatic heterocycles. The van der Waals surface area contributed by atoms with Crippen molar-refractivity contribution >= 4 is 21.9 Å². The van der Waals surface area contributed by atoms with Crippen LogP contribution in [0.15, 0.2) is 34.2 Å². The van der Waals surface area contributed by atoms with E-state index in [9.17, 15) is 13.2 Å². The van der Waals surface area contributed by atoms with Crippen LogP contribution in [0.4, 0.5) is 5.69 Å². The van der Waals surface area contributed by atoms with E-state index in [-0.39, 0.29) is 17.4 Å². The van der Waals surface area contributed by atoms with E-state index in [2.05, 4.69) is 10.9 Å². The zero-order valence-corrected chi connectivity index (χ0v) is 11.2. The number of benzene rings is 1. The average Bonchev–Trinajstić information content (AvgIpc) is 2.39. The van der Waals surface area contributed by atoms with Crippen LogP contribution >= 0.6 is 0 Å². The first-order valence-corrected chi connectivity index (χ1v) is 6.94. The molecular weight excluding hydrogens is 266 g/mol. The van der Waals surface area contributed by atoms with E-state index < -0.39 is 10.1 Å². The molecule has 1 aromatic rings. The summed E-state index contributed by atoms with van der Waals surface area (Å²) in [5.74, 6) is 2.45. The molecule has 0 aliphatic heterocycles. The summed E-state index contributed by atoms with van der Waals surface area (Å²) >= 11 is 0. The van der Waals surface area contributed by atoms with Crippen molar-refractivity contribution in [3.63, 3.8) is 0 Å². The molecule has 0 heterocycles. The highest BCUT2D eigenvalue weighted by Gasteiger charge is 2.15. The maximum atomic E-state index is 11.8. The molecule has 0 saturated heterocycles. The van der Waals surface area contributed by atoms with E-state index in [1.54, 1.807) is 0 Å². The van der Waals surface area contributed by atoms with E-state index in [0.29, 0.717) is 12.1 Å². The third kappa shape index (κ3) is 4.68. The number of isocyanates is 1. The van der Waals surface area contributed by atoms with Gasteiger partial charge in [0.25, 0.3) is 10.1 Å². The fourth-order valence-electron chi connectivity index (χ4n) is 1.23. The Hall–Kier alpha value is -1.93. The highest BCUT2D eigenvalue weighted by molar-refractivity contribution is 7.86. The minimum absolute atomic E-state index is 0.00529. The van der Waals surface area contributed by atoms with Gasteiger partial charge in [0.2, 0.25) is 6.08 Å². The molecule has 1 rings (SSSR count). The van der Waals surface area contributed by atoms with Gasteiger partial charge in [-0.25, -0.2) is 4.79 Å². The Bertz CT molecular complexity index is 607. The lowest BCUT2D eigenvalue weighted by atomic mass is 10.1. The van der Waals surface area contributed by atoms with Gasteiger partial charge in [0.05, 0.1) is 17.2 Å². The predicted octanol–water partition coefficient (Wildman–Crippen LogP) is 2.02. The van der Waals surface area contributed by atoms with E-state index in [4.69, 9.17) is 10.6 Å². The Kier molecular flexibility index (Phi) is 5.46. The molecule has 0 fully saturated rings. The van der Waals surface area contributed by atoms with Crippen molar-refractivity contribution in [1.29, 1.82) is 0 Å². The maximum Gasteiger partial charge on any atom is 0.296 e. The SMILES string of the molecule is C#CC(C)CCOS(=O)(=O)c1ccc(N=C=O)cc1. The molecule has 1 unspecified atom stereocenters. The Labute approximate surface area is 112 Å². The first-order valence-electron chi connectivity index (χ1n) is 5.53. The number of terminal acetylenes is 1. The fraction of sp³-hybridized carbons (Fsp3) is 0.308. The number of rotatable bonds is 6. The smallest absolute Gasteiger partial charge is 0.266 e. The van der Waals surface area contributed by atoms with Crippen molar-refractivity contribution in [3.05, 3.63) is 24.3 Å². The van der Waals surface area contributed by atoms with E-state index in [1.807, 2.05) is 6.92 Å². The summed E-state index contributed by atoms with van der Waals surface area (Å²) in [7, 11) is -3.80. The summed E-state index contributed by atoms with van der Waals surface area (Å²) in [5, 5.41) is 0. The van der Waals surface area contributed by atoms with Crippen LogP contribution in [0.5, 0.6) is 0 Å². The van der Waals surface area contributed by atoms with Gasteiger partial charge < -0.3 is 0 Å². The van der Waals surface area contributed by atoms with Crippen LogP contribution in [0, 0.1) is 18.3 Å². The summed E-state index contributed by atoms with van der Waals surface area (Å²) < 4.78 is 28.4. The molecule has 0 amide bonds. The third-order valence-corrected chi connectivity index (χ3v) is 3.70. The topological polar surface area (TPSA) is 72.8 Å². The van der Waals surface area contributed by atoms with Gasteiger partial charge in [-0.1, -0.05) is 6.92 Å². The first kappa shape index (κ1) is 15.1. The van der Waals surface area contributed by atoms with Gasteiger partial charge in [0, 0.05) is 5.92 Å². The normalized spacial score (nSPS) is 12.2. The van der Waals surface area contributed by atoms with Gasteiger partial charge in [-0.15, -0.1) is 12.3 Å². The second-order valence-electron chi connectivity index (χ2n) is 3.83. The van der Waals surface area contributed by atoms with Gasteiger partial charge >= 0.3 is 0 Å². The van der Waals surface area contributed by atoms with Crippen molar-refractivity contribution < 1.29 is 17.4 Å². The highest BCUT2D eigenvalue weighted by atomic mass is 32.2. The van der Waals surface area contributed by atoms with Crippen LogP contribution in [0.25, 0.3) is 0 Å². The van der Waals surface area contributed by atoms with Crippen molar-refractivity contribution in [2.24, 2.45) is 10.9 Å². The van der Waals surface area contributed by atoms with E-state index in [1.165, 1.54) is 30.3 Å². The summed E-state index contributed by atoms with van der Waals surface area (Å²) in [6.45, 7) is 1.84.